The Bertz CT molecular complexity index is 1710. The fourth-order valence-corrected chi connectivity index (χ4v) is 7.79. The molecule has 4 fully saturated rings. The van der Waals surface area contributed by atoms with Crippen molar-refractivity contribution in [2.75, 3.05) is 37.7 Å². The van der Waals surface area contributed by atoms with Crippen molar-refractivity contribution >= 4 is 34.8 Å². The number of aromatic hydroxyl groups is 1. The Morgan fingerprint density at radius 3 is 2.80 bits per heavy atom. The smallest absolute Gasteiger partial charge is 0.319 e. The normalized spacial score (nSPS) is 26.9. The van der Waals surface area contributed by atoms with Crippen molar-refractivity contribution in [3.63, 3.8) is 0 Å². The second-order valence-corrected chi connectivity index (χ2v) is 12.6. The van der Waals surface area contributed by atoms with E-state index in [0.717, 1.165) is 45.3 Å². The molecule has 2 unspecified atom stereocenters. The Hall–Kier alpha value is -4.07. The lowest BCUT2D eigenvalue weighted by atomic mass is 9.95. The van der Waals surface area contributed by atoms with Gasteiger partial charge in [0.05, 0.1) is 5.54 Å². The number of anilines is 1. The zero-order valence-corrected chi connectivity index (χ0v) is 24.8. The average Bonchev–Trinajstić information content (AvgIpc) is 3.66. The van der Waals surface area contributed by atoms with Crippen molar-refractivity contribution in [3.05, 3.63) is 52.7 Å². The van der Waals surface area contributed by atoms with Gasteiger partial charge in [0.15, 0.2) is 5.83 Å². The molecule has 4 atom stereocenters. The number of benzene rings is 2. The Kier molecular flexibility index (Phi) is 7.26. The predicted octanol–water partition coefficient (Wildman–Crippen LogP) is 5.02. The molecule has 44 heavy (non-hydrogen) atoms. The molecule has 4 aliphatic rings. The summed E-state index contributed by atoms with van der Waals surface area (Å²) in [5.41, 5.74) is 0.923. The van der Waals surface area contributed by atoms with Crippen LogP contribution in [0.15, 0.2) is 35.3 Å². The van der Waals surface area contributed by atoms with Gasteiger partial charge in [-0.25, -0.2) is 8.78 Å². The van der Waals surface area contributed by atoms with E-state index in [1.807, 2.05) is 0 Å². The van der Waals surface area contributed by atoms with E-state index < -0.39 is 17.5 Å². The molecule has 10 heteroatoms. The standard InChI is InChI=1S/C34H36F2N6O2/c1-4-21-7-5-8-22-13-26(43)14-27(28(21)22)31(37-3)29(36)30-20(2)32(41-17-24-9-10-25(18-41)38-24)40-33(39-30)44-19-34-11-6-12-42(34)16-23(35)15-34/h1,5,7-8,13-14,23-25,38,43H,3,6,9-12,15-19H2,2H3/b31-29+/t23-,24?,25?,34+/m1/s1. The van der Waals surface area contributed by atoms with E-state index >= 15 is 4.39 Å². The van der Waals surface area contributed by atoms with Gasteiger partial charge in [0, 0.05) is 60.2 Å². The molecule has 3 aromatic rings. The van der Waals surface area contributed by atoms with E-state index in [9.17, 15) is 9.50 Å². The number of piperazine rings is 1. The summed E-state index contributed by atoms with van der Waals surface area (Å²) in [7, 11) is 0. The third-order valence-corrected chi connectivity index (χ3v) is 9.79. The molecule has 4 saturated heterocycles. The van der Waals surface area contributed by atoms with Crippen LogP contribution < -0.4 is 15.0 Å². The topological polar surface area (TPSA) is 86.1 Å². The summed E-state index contributed by atoms with van der Waals surface area (Å²) in [5, 5.41) is 15.4. The summed E-state index contributed by atoms with van der Waals surface area (Å²) >= 11 is 0. The minimum absolute atomic E-state index is 0.0310. The second-order valence-electron chi connectivity index (χ2n) is 12.6. The van der Waals surface area contributed by atoms with E-state index in [1.54, 1.807) is 31.2 Å². The fraction of sp³-hybridized carbons (Fsp3) is 0.441. The van der Waals surface area contributed by atoms with E-state index in [2.05, 4.69) is 37.7 Å². The number of phenols is 1. The molecule has 0 amide bonds. The monoisotopic (exact) mass is 598 g/mol. The highest BCUT2D eigenvalue weighted by molar-refractivity contribution is 6.03. The maximum absolute atomic E-state index is 16.9. The second kappa shape index (κ2) is 11.1. The first-order valence-electron chi connectivity index (χ1n) is 15.3. The van der Waals surface area contributed by atoms with Crippen molar-refractivity contribution in [1.29, 1.82) is 0 Å². The number of aliphatic imine (C=N–C) groups is 1. The molecule has 2 bridgehead atoms. The van der Waals surface area contributed by atoms with Crippen molar-refractivity contribution < 1.29 is 18.6 Å². The predicted molar refractivity (Wildman–Crippen MR) is 168 cm³/mol. The maximum Gasteiger partial charge on any atom is 0.319 e. The molecular weight excluding hydrogens is 562 g/mol. The van der Waals surface area contributed by atoms with Gasteiger partial charge in [0.25, 0.3) is 0 Å². The highest BCUT2D eigenvalue weighted by atomic mass is 19.1. The van der Waals surface area contributed by atoms with Crippen molar-refractivity contribution in [3.8, 4) is 24.1 Å². The van der Waals surface area contributed by atoms with Crippen LogP contribution in [0.25, 0.3) is 22.3 Å². The number of ether oxygens (including phenoxy) is 1. The Labute approximate surface area is 255 Å². The number of hydrogen-bond donors (Lipinski definition) is 2. The van der Waals surface area contributed by atoms with Crippen LogP contribution in [-0.4, -0.2) is 83.3 Å². The van der Waals surface area contributed by atoms with Crippen molar-refractivity contribution in [1.82, 2.24) is 20.2 Å². The summed E-state index contributed by atoms with van der Waals surface area (Å²) in [6.07, 6.45) is 9.28. The lowest BCUT2D eigenvalue weighted by Gasteiger charge is -2.35. The first kappa shape index (κ1) is 28.7. The molecule has 1 aromatic heterocycles. The molecule has 2 aromatic carbocycles. The number of fused-ring (bicyclic) bond motifs is 4. The third kappa shape index (κ3) is 4.88. The van der Waals surface area contributed by atoms with Crippen LogP contribution in [0, 0.1) is 19.3 Å². The van der Waals surface area contributed by atoms with Crippen LogP contribution in [-0.2, 0) is 0 Å². The van der Waals surface area contributed by atoms with Crippen LogP contribution in [0.4, 0.5) is 14.6 Å². The van der Waals surface area contributed by atoms with Crippen LogP contribution in [0.1, 0.15) is 54.5 Å². The van der Waals surface area contributed by atoms with E-state index in [-0.39, 0.29) is 29.8 Å². The number of nitrogens with one attached hydrogen (secondary N) is 1. The van der Waals surface area contributed by atoms with Gasteiger partial charge < -0.3 is 20.1 Å². The number of hydrogen-bond acceptors (Lipinski definition) is 8. The zero-order chi connectivity index (χ0) is 30.6. The van der Waals surface area contributed by atoms with E-state index in [1.165, 1.54) is 6.07 Å². The molecule has 4 aliphatic heterocycles. The third-order valence-electron chi connectivity index (χ3n) is 9.79. The largest absolute Gasteiger partial charge is 0.508 e. The summed E-state index contributed by atoms with van der Waals surface area (Å²) in [6.45, 7) is 8.41. The molecule has 228 valence electrons. The molecule has 7 rings (SSSR count). The Balaban J connectivity index is 1.35. The summed E-state index contributed by atoms with van der Waals surface area (Å²) in [6, 6.07) is 9.06. The lowest BCUT2D eigenvalue weighted by molar-refractivity contribution is 0.107. The van der Waals surface area contributed by atoms with Crippen LogP contribution >= 0.6 is 0 Å². The van der Waals surface area contributed by atoms with Crippen LogP contribution in [0.3, 0.4) is 0 Å². The van der Waals surface area contributed by atoms with E-state index in [0.29, 0.717) is 58.3 Å². The minimum atomic E-state index is -0.896. The summed E-state index contributed by atoms with van der Waals surface area (Å²) in [5.74, 6) is 2.48. The molecule has 5 heterocycles. The van der Waals surface area contributed by atoms with Crippen molar-refractivity contribution in [2.24, 2.45) is 4.99 Å². The molecule has 0 aliphatic carbocycles. The molecule has 0 saturated carbocycles. The van der Waals surface area contributed by atoms with Gasteiger partial charge in [0.1, 0.15) is 35.7 Å². The SMILES string of the molecule is C#Cc1cccc2cc(O)cc(/C(N=C)=C(\F)c3nc(OC[C@@]45CCCN4C[C@H](F)C5)nc(N4CC5CCC(C4)N5)c3C)c12. The highest BCUT2D eigenvalue weighted by Gasteiger charge is 2.49. The van der Waals surface area contributed by atoms with Gasteiger partial charge in [0.2, 0.25) is 0 Å². The van der Waals surface area contributed by atoms with Gasteiger partial charge in [-0.05, 0) is 69.5 Å². The van der Waals surface area contributed by atoms with Crippen LogP contribution in [0.5, 0.6) is 11.8 Å². The molecule has 8 nitrogen and oxygen atoms in total. The summed E-state index contributed by atoms with van der Waals surface area (Å²) < 4.78 is 37.6. The van der Waals surface area contributed by atoms with Crippen molar-refractivity contribution in [2.45, 2.75) is 62.8 Å². The number of phenolic OH excluding ortho intramolecular Hbond substituents is 1. The van der Waals surface area contributed by atoms with Gasteiger partial charge in [-0.3, -0.25) is 9.89 Å². The van der Waals surface area contributed by atoms with E-state index in [4.69, 9.17) is 16.1 Å². The Morgan fingerprint density at radius 1 is 1.25 bits per heavy atom. The first-order valence-corrected chi connectivity index (χ1v) is 15.3. The highest BCUT2D eigenvalue weighted by Crippen LogP contribution is 2.42. The van der Waals surface area contributed by atoms with Gasteiger partial charge in [-0.2, -0.15) is 9.97 Å². The fourth-order valence-electron chi connectivity index (χ4n) is 7.79. The number of terminal acetylenes is 1. The van der Waals surface area contributed by atoms with Gasteiger partial charge in [-0.1, -0.05) is 18.1 Å². The molecule has 0 spiro atoms. The summed E-state index contributed by atoms with van der Waals surface area (Å²) in [4.78, 5) is 17.9. The number of rotatable bonds is 7. The molecular formula is C34H36F2N6O2. The number of aromatic nitrogens is 2. The number of halogens is 2. The first-order chi connectivity index (χ1) is 21.3. The van der Waals surface area contributed by atoms with Gasteiger partial charge >= 0.3 is 6.01 Å². The minimum Gasteiger partial charge on any atom is -0.508 e. The maximum atomic E-state index is 16.9. The average molecular weight is 599 g/mol. The molecule has 2 N–H and O–H groups in total. The van der Waals surface area contributed by atoms with Gasteiger partial charge in [-0.15, -0.1) is 6.42 Å². The molecule has 0 radical (unpaired) electrons. The number of nitrogens with zero attached hydrogens (tertiary/aromatic N) is 5. The lowest BCUT2D eigenvalue weighted by Crippen LogP contribution is -2.51. The van der Waals surface area contributed by atoms with Crippen LogP contribution in [0.2, 0.25) is 0 Å². The quantitative estimate of drug-likeness (QED) is 0.292. The zero-order valence-electron chi connectivity index (χ0n) is 24.8. The Morgan fingerprint density at radius 2 is 2.05 bits per heavy atom. The number of alkyl halides is 1.